The number of hydrogen-bond acceptors (Lipinski definition) is 3. The van der Waals surface area contributed by atoms with Crippen LogP contribution >= 0.6 is 0 Å². The van der Waals surface area contributed by atoms with Crippen molar-refractivity contribution in [1.82, 2.24) is 14.4 Å². The van der Waals surface area contributed by atoms with Crippen molar-refractivity contribution in [3.05, 3.63) is 83.4 Å². The van der Waals surface area contributed by atoms with Crippen LogP contribution < -0.4 is 5.32 Å². The summed E-state index contributed by atoms with van der Waals surface area (Å²) in [5.41, 5.74) is 5.54. The number of aryl methyl sites for hydroxylation is 2. The average Bonchev–Trinajstić information content (AvgIpc) is 3.19. The van der Waals surface area contributed by atoms with E-state index in [1.807, 2.05) is 34.9 Å². The van der Waals surface area contributed by atoms with E-state index >= 15 is 0 Å². The maximum Gasteiger partial charge on any atom is 0.209 e. The van der Waals surface area contributed by atoms with E-state index < -0.39 is 0 Å². The molecule has 0 saturated carbocycles. The van der Waals surface area contributed by atoms with Gasteiger partial charge in [0.05, 0.1) is 11.4 Å². The largest absolute Gasteiger partial charge is 0.351 e. The predicted octanol–water partition coefficient (Wildman–Crippen LogP) is 5.03. The number of nitrogens with one attached hydrogen (secondary N) is 1. The molecule has 0 saturated heterocycles. The molecule has 0 fully saturated rings. The predicted molar refractivity (Wildman–Crippen MR) is 109 cm³/mol. The summed E-state index contributed by atoms with van der Waals surface area (Å²) in [5, 5.41) is 3.45. The van der Waals surface area contributed by atoms with Gasteiger partial charge in [-0.1, -0.05) is 42.5 Å². The molecule has 2 aromatic heterocycles. The minimum atomic E-state index is -0.258. The van der Waals surface area contributed by atoms with Gasteiger partial charge >= 0.3 is 0 Å². The van der Waals surface area contributed by atoms with Gasteiger partial charge in [0.2, 0.25) is 5.95 Å². The molecule has 0 unspecified atom stereocenters. The lowest BCUT2D eigenvalue weighted by molar-refractivity contribution is 0.631. The Labute approximate surface area is 163 Å². The van der Waals surface area contributed by atoms with Gasteiger partial charge in [-0.15, -0.1) is 0 Å². The molecule has 28 heavy (non-hydrogen) atoms. The fraction of sp³-hybridized carbons (Fsp3) is 0.217. The highest BCUT2D eigenvalue weighted by atomic mass is 19.1. The third-order valence-corrected chi connectivity index (χ3v) is 5.33. The second-order valence-corrected chi connectivity index (χ2v) is 7.21. The molecule has 0 aliphatic heterocycles. The normalized spacial score (nSPS) is 13.5. The van der Waals surface area contributed by atoms with Gasteiger partial charge in [0, 0.05) is 23.9 Å². The molecule has 1 aliphatic carbocycles. The summed E-state index contributed by atoms with van der Waals surface area (Å²) in [7, 11) is 0. The molecule has 0 bridgehead atoms. The SMILES string of the molecule is Fc1ccccc1-c1cn2c(NCc3ccccc3)nc3c(c2n1)CCCC3. The van der Waals surface area contributed by atoms with Crippen molar-refractivity contribution < 1.29 is 4.39 Å². The number of nitrogens with zero attached hydrogens (tertiary/aromatic N) is 3. The molecule has 140 valence electrons. The van der Waals surface area contributed by atoms with Crippen molar-refractivity contribution >= 4 is 11.6 Å². The van der Waals surface area contributed by atoms with E-state index in [4.69, 9.17) is 9.97 Å². The van der Waals surface area contributed by atoms with Crippen molar-refractivity contribution in [3.63, 3.8) is 0 Å². The first kappa shape index (κ1) is 16.9. The molecule has 4 aromatic rings. The van der Waals surface area contributed by atoms with Gasteiger partial charge in [-0.2, -0.15) is 0 Å². The Hall–Kier alpha value is -3.21. The number of imidazole rings is 1. The van der Waals surface area contributed by atoms with Crippen LogP contribution in [0.5, 0.6) is 0 Å². The maximum absolute atomic E-state index is 14.3. The third-order valence-electron chi connectivity index (χ3n) is 5.33. The zero-order chi connectivity index (χ0) is 18.9. The van der Waals surface area contributed by atoms with E-state index in [-0.39, 0.29) is 5.82 Å². The number of aromatic nitrogens is 3. The minimum absolute atomic E-state index is 0.258. The molecular weight excluding hydrogens is 351 g/mol. The summed E-state index contributed by atoms with van der Waals surface area (Å²) >= 11 is 0. The molecule has 1 aliphatic rings. The maximum atomic E-state index is 14.3. The Morgan fingerprint density at radius 2 is 1.71 bits per heavy atom. The van der Waals surface area contributed by atoms with Crippen molar-refractivity contribution in [1.29, 1.82) is 0 Å². The fourth-order valence-electron chi connectivity index (χ4n) is 3.89. The summed E-state index contributed by atoms with van der Waals surface area (Å²) in [5.74, 6) is 0.501. The van der Waals surface area contributed by atoms with Crippen LogP contribution in [0.2, 0.25) is 0 Å². The molecular formula is C23H21FN4. The van der Waals surface area contributed by atoms with Gasteiger partial charge in [-0.05, 0) is 43.4 Å². The zero-order valence-electron chi connectivity index (χ0n) is 15.5. The highest BCUT2D eigenvalue weighted by molar-refractivity contribution is 5.67. The molecule has 5 rings (SSSR count). The Bertz CT molecular complexity index is 1130. The van der Waals surface area contributed by atoms with Crippen molar-refractivity contribution in [2.45, 2.75) is 32.2 Å². The van der Waals surface area contributed by atoms with Crippen LogP contribution in [0.4, 0.5) is 10.3 Å². The van der Waals surface area contributed by atoms with Gasteiger partial charge in [0.25, 0.3) is 0 Å². The average molecular weight is 372 g/mol. The highest BCUT2D eigenvalue weighted by Crippen LogP contribution is 2.30. The quantitative estimate of drug-likeness (QED) is 0.546. The topological polar surface area (TPSA) is 42.2 Å². The van der Waals surface area contributed by atoms with E-state index in [0.29, 0.717) is 17.8 Å². The molecule has 0 spiro atoms. The second-order valence-electron chi connectivity index (χ2n) is 7.21. The molecule has 5 heteroatoms. The number of anilines is 1. The van der Waals surface area contributed by atoms with Crippen LogP contribution in [0.1, 0.15) is 29.7 Å². The first-order valence-electron chi connectivity index (χ1n) is 9.73. The smallest absolute Gasteiger partial charge is 0.209 e. The van der Waals surface area contributed by atoms with Crippen LogP contribution in [-0.4, -0.2) is 14.4 Å². The third kappa shape index (κ3) is 3.03. The number of fused-ring (bicyclic) bond motifs is 3. The lowest BCUT2D eigenvalue weighted by atomic mass is 9.97. The van der Waals surface area contributed by atoms with Crippen LogP contribution in [0.25, 0.3) is 16.9 Å². The molecule has 1 N–H and O–H groups in total. The molecule has 0 radical (unpaired) electrons. The Morgan fingerprint density at radius 1 is 0.929 bits per heavy atom. The molecule has 2 heterocycles. The minimum Gasteiger partial charge on any atom is -0.351 e. The fourth-order valence-corrected chi connectivity index (χ4v) is 3.89. The van der Waals surface area contributed by atoms with Gasteiger partial charge in [0.15, 0.2) is 0 Å². The second kappa shape index (κ2) is 7.08. The van der Waals surface area contributed by atoms with Gasteiger partial charge in [-0.3, -0.25) is 4.40 Å². The summed E-state index contributed by atoms with van der Waals surface area (Å²) in [4.78, 5) is 9.72. The van der Waals surface area contributed by atoms with Gasteiger partial charge < -0.3 is 5.32 Å². The Kier molecular flexibility index (Phi) is 4.28. The number of hydrogen-bond donors (Lipinski definition) is 1. The highest BCUT2D eigenvalue weighted by Gasteiger charge is 2.20. The lowest BCUT2D eigenvalue weighted by Gasteiger charge is -2.18. The summed E-state index contributed by atoms with van der Waals surface area (Å²) in [6, 6.07) is 17.0. The number of halogens is 1. The van der Waals surface area contributed by atoms with E-state index in [0.717, 1.165) is 43.0 Å². The Morgan fingerprint density at radius 3 is 2.57 bits per heavy atom. The first-order valence-corrected chi connectivity index (χ1v) is 9.73. The first-order chi connectivity index (χ1) is 13.8. The molecule has 2 aromatic carbocycles. The zero-order valence-corrected chi connectivity index (χ0v) is 15.5. The standard InChI is InChI=1S/C23H21FN4/c24-19-12-6-4-10-17(19)21-15-28-22(26-21)18-11-5-7-13-20(18)27-23(28)25-14-16-8-2-1-3-9-16/h1-4,6,8-10,12,15H,5,7,11,13-14H2,(H,25,27). The number of rotatable bonds is 4. The van der Waals surface area contributed by atoms with Crippen LogP contribution in [0.3, 0.4) is 0 Å². The summed E-state index contributed by atoms with van der Waals surface area (Å²) < 4.78 is 16.3. The van der Waals surface area contributed by atoms with Crippen LogP contribution in [-0.2, 0) is 19.4 Å². The monoisotopic (exact) mass is 372 g/mol. The van der Waals surface area contributed by atoms with E-state index in [9.17, 15) is 4.39 Å². The van der Waals surface area contributed by atoms with Crippen molar-refractivity contribution in [3.8, 4) is 11.3 Å². The lowest BCUT2D eigenvalue weighted by Crippen LogP contribution is -2.13. The summed E-state index contributed by atoms with van der Waals surface area (Å²) in [6.45, 7) is 0.676. The molecule has 0 atom stereocenters. The summed E-state index contributed by atoms with van der Waals surface area (Å²) in [6.07, 6.45) is 6.12. The van der Waals surface area contributed by atoms with Crippen LogP contribution in [0, 0.1) is 5.82 Å². The van der Waals surface area contributed by atoms with Crippen molar-refractivity contribution in [2.75, 3.05) is 5.32 Å². The van der Waals surface area contributed by atoms with E-state index in [1.165, 1.54) is 17.2 Å². The van der Waals surface area contributed by atoms with E-state index in [1.54, 1.807) is 12.1 Å². The van der Waals surface area contributed by atoms with Gasteiger partial charge in [-0.25, -0.2) is 14.4 Å². The van der Waals surface area contributed by atoms with E-state index in [2.05, 4.69) is 17.4 Å². The van der Waals surface area contributed by atoms with Crippen LogP contribution in [0.15, 0.2) is 60.8 Å². The molecule has 0 amide bonds. The molecule has 4 nitrogen and oxygen atoms in total. The number of benzene rings is 2. The Balaban J connectivity index is 1.62. The van der Waals surface area contributed by atoms with Gasteiger partial charge in [0.1, 0.15) is 11.5 Å². The van der Waals surface area contributed by atoms with Crippen molar-refractivity contribution in [2.24, 2.45) is 0 Å².